The quantitative estimate of drug-likeness (QED) is 0.836. The lowest BCUT2D eigenvalue weighted by atomic mass is 9.93. The second-order valence-electron chi connectivity index (χ2n) is 5.47. The van der Waals surface area contributed by atoms with Gasteiger partial charge in [-0.05, 0) is 42.7 Å². The van der Waals surface area contributed by atoms with E-state index < -0.39 is 6.36 Å². The van der Waals surface area contributed by atoms with Gasteiger partial charge in [-0.1, -0.05) is 24.3 Å². The molecule has 1 aromatic rings. The molecule has 1 saturated carbocycles. The van der Waals surface area contributed by atoms with E-state index in [1.807, 2.05) is 0 Å². The zero-order chi connectivity index (χ0) is 14.2. The Balaban J connectivity index is 1.64. The smallest absolute Gasteiger partial charge is 0.404 e. The van der Waals surface area contributed by atoms with E-state index in [0.29, 0.717) is 30.0 Å². The van der Waals surface area contributed by atoms with Crippen molar-refractivity contribution in [1.82, 2.24) is 0 Å². The second-order valence-corrected chi connectivity index (χ2v) is 5.47. The Morgan fingerprint density at radius 1 is 1.15 bits per heavy atom. The zero-order valence-electron chi connectivity index (χ0n) is 10.9. The van der Waals surface area contributed by atoms with Crippen molar-refractivity contribution in [2.75, 3.05) is 11.9 Å². The number of hydrogen-bond donors (Lipinski definition) is 1. The van der Waals surface area contributed by atoms with Crippen molar-refractivity contribution in [2.45, 2.75) is 19.2 Å². The van der Waals surface area contributed by atoms with Gasteiger partial charge in [0.2, 0.25) is 0 Å². The summed E-state index contributed by atoms with van der Waals surface area (Å²) < 4.78 is 41.0. The number of nitrogens with one attached hydrogen (secondary N) is 1. The maximum atomic E-state index is 12.3. The minimum Gasteiger partial charge on any atom is -0.404 e. The van der Waals surface area contributed by atoms with Crippen molar-refractivity contribution in [3.63, 3.8) is 0 Å². The minimum atomic E-state index is -4.66. The lowest BCUT2D eigenvalue weighted by molar-refractivity contribution is -0.274. The van der Waals surface area contributed by atoms with Crippen LogP contribution in [0, 0.1) is 17.8 Å². The standard InChI is InChI=1S/C15H16F3NO/c16-15(17,18)20-14-4-2-1-3-13(14)19-9-12-8-10-5-6-11(12)7-10/h1-6,10-12,19H,7-9H2. The normalized spacial score (nSPS) is 27.9. The average Bonchev–Trinajstić information content (AvgIpc) is 2.98. The number of rotatable bonds is 4. The van der Waals surface area contributed by atoms with Crippen molar-refractivity contribution >= 4 is 5.69 Å². The first-order valence-electron chi connectivity index (χ1n) is 6.78. The highest BCUT2D eigenvalue weighted by Crippen LogP contribution is 2.43. The molecule has 2 bridgehead atoms. The van der Waals surface area contributed by atoms with E-state index in [-0.39, 0.29) is 5.75 Å². The number of allylic oxidation sites excluding steroid dienone is 2. The third-order valence-corrected chi connectivity index (χ3v) is 4.08. The molecule has 1 aromatic carbocycles. The molecule has 0 amide bonds. The summed E-state index contributed by atoms with van der Waals surface area (Å²) in [5.74, 6) is 1.57. The van der Waals surface area contributed by atoms with E-state index in [2.05, 4.69) is 22.2 Å². The molecule has 20 heavy (non-hydrogen) atoms. The number of fused-ring (bicyclic) bond motifs is 2. The number of halogens is 3. The maximum Gasteiger partial charge on any atom is 0.573 e. The fraction of sp³-hybridized carbons (Fsp3) is 0.467. The molecule has 5 heteroatoms. The summed E-state index contributed by atoms with van der Waals surface area (Å²) in [6, 6.07) is 6.18. The first-order valence-corrected chi connectivity index (χ1v) is 6.78. The van der Waals surface area contributed by atoms with Crippen LogP contribution in [0.1, 0.15) is 12.8 Å². The summed E-state index contributed by atoms with van der Waals surface area (Å²) in [5, 5.41) is 3.10. The number of anilines is 1. The number of benzene rings is 1. The van der Waals surface area contributed by atoms with E-state index in [4.69, 9.17) is 0 Å². The van der Waals surface area contributed by atoms with Gasteiger partial charge in [-0.15, -0.1) is 13.2 Å². The van der Waals surface area contributed by atoms with Crippen LogP contribution in [0.4, 0.5) is 18.9 Å². The maximum absolute atomic E-state index is 12.3. The Hall–Kier alpha value is -1.65. The topological polar surface area (TPSA) is 21.3 Å². The van der Waals surface area contributed by atoms with Gasteiger partial charge >= 0.3 is 6.36 Å². The van der Waals surface area contributed by atoms with Crippen LogP contribution in [0.5, 0.6) is 5.75 Å². The van der Waals surface area contributed by atoms with Crippen LogP contribution in [0.3, 0.4) is 0 Å². The SMILES string of the molecule is FC(F)(F)Oc1ccccc1NCC1CC2C=CC1C2. The van der Waals surface area contributed by atoms with E-state index in [1.54, 1.807) is 12.1 Å². The first kappa shape index (κ1) is 13.3. The highest BCUT2D eigenvalue weighted by molar-refractivity contribution is 5.56. The van der Waals surface area contributed by atoms with Crippen LogP contribution < -0.4 is 10.1 Å². The molecule has 0 aliphatic heterocycles. The van der Waals surface area contributed by atoms with Crippen LogP contribution in [-0.4, -0.2) is 12.9 Å². The molecule has 108 valence electrons. The Morgan fingerprint density at radius 3 is 2.60 bits per heavy atom. The van der Waals surface area contributed by atoms with E-state index in [0.717, 1.165) is 6.42 Å². The van der Waals surface area contributed by atoms with Gasteiger partial charge in [-0.2, -0.15) is 0 Å². The lowest BCUT2D eigenvalue weighted by Crippen LogP contribution is -2.21. The average molecular weight is 283 g/mol. The van der Waals surface area contributed by atoms with Crippen LogP contribution in [0.2, 0.25) is 0 Å². The van der Waals surface area contributed by atoms with E-state index in [1.165, 1.54) is 18.6 Å². The van der Waals surface area contributed by atoms with Crippen LogP contribution in [-0.2, 0) is 0 Å². The van der Waals surface area contributed by atoms with Crippen molar-refractivity contribution in [2.24, 2.45) is 17.8 Å². The Labute approximate surface area is 115 Å². The number of alkyl halides is 3. The summed E-state index contributed by atoms with van der Waals surface area (Å²) in [6.07, 6.45) is 2.14. The molecule has 0 radical (unpaired) electrons. The summed E-state index contributed by atoms with van der Waals surface area (Å²) in [7, 11) is 0. The third-order valence-electron chi connectivity index (χ3n) is 4.08. The zero-order valence-corrected chi connectivity index (χ0v) is 10.9. The number of hydrogen-bond acceptors (Lipinski definition) is 2. The van der Waals surface area contributed by atoms with E-state index >= 15 is 0 Å². The van der Waals surface area contributed by atoms with Gasteiger partial charge in [0.1, 0.15) is 0 Å². The van der Waals surface area contributed by atoms with Gasteiger partial charge in [0, 0.05) is 6.54 Å². The Kier molecular flexibility index (Phi) is 3.36. The van der Waals surface area contributed by atoms with Crippen molar-refractivity contribution < 1.29 is 17.9 Å². The van der Waals surface area contributed by atoms with E-state index in [9.17, 15) is 13.2 Å². The van der Waals surface area contributed by atoms with Gasteiger partial charge in [-0.25, -0.2) is 0 Å². The molecule has 0 aromatic heterocycles. The van der Waals surface area contributed by atoms with Gasteiger partial charge in [0.15, 0.2) is 5.75 Å². The van der Waals surface area contributed by atoms with Crippen LogP contribution >= 0.6 is 0 Å². The predicted octanol–water partition coefficient (Wildman–Crippen LogP) is 4.21. The molecular weight excluding hydrogens is 267 g/mol. The first-order chi connectivity index (χ1) is 9.51. The molecule has 2 nitrogen and oxygen atoms in total. The predicted molar refractivity (Wildman–Crippen MR) is 70.5 cm³/mol. The van der Waals surface area contributed by atoms with Gasteiger partial charge in [0.05, 0.1) is 5.69 Å². The Bertz CT molecular complexity index is 512. The molecule has 0 spiro atoms. The highest BCUT2D eigenvalue weighted by Gasteiger charge is 2.35. The fourth-order valence-corrected chi connectivity index (χ4v) is 3.20. The largest absolute Gasteiger partial charge is 0.573 e. The van der Waals surface area contributed by atoms with Crippen LogP contribution in [0.25, 0.3) is 0 Å². The molecule has 3 atom stereocenters. The van der Waals surface area contributed by atoms with Crippen LogP contribution in [0.15, 0.2) is 36.4 Å². The number of para-hydroxylation sites is 2. The minimum absolute atomic E-state index is 0.168. The molecule has 0 heterocycles. The molecule has 2 aliphatic carbocycles. The molecular formula is C15H16F3NO. The summed E-state index contributed by atoms with van der Waals surface area (Å²) in [5.41, 5.74) is 0.400. The van der Waals surface area contributed by atoms with Gasteiger partial charge in [-0.3, -0.25) is 0 Å². The monoisotopic (exact) mass is 283 g/mol. The van der Waals surface area contributed by atoms with Gasteiger partial charge < -0.3 is 10.1 Å². The summed E-state index contributed by atoms with van der Waals surface area (Å²) in [6.45, 7) is 0.684. The third kappa shape index (κ3) is 2.92. The molecule has 0 saturated heterocycles. The molecule has 2 aliphatic rings. The van der Waals surface area contributed by atoms with Crippen molar-refractivity contribution in [3.05, 3.63) is 36.4 Å². The van der Waals surface area contributed by atoms with Crippen molar-refractivity contribution in [1.29, 1.82) is 0 Å². The summed E-state index contributed by atoms with van der Waals surface area (Å²) in [4.78, 5) is 0. The molecule has 3 unspecified atom stereocenters. The number of ether oxygens (including phenoxy) is 1. The fourth-order valence-electron chi connectivity index (χ4n) is 3.20. The molecule has 3 rings (SSSR count). The highest BCUT2D eigenvalue weighted by atomic mass is 19.4. The lowest BCUT2D eigenvalue weighted by Gasteiger charge is -2.20. The van der Waals surface area contributed by atoms with Crippen molar-refractivity contribution in [3.8, 4) is 5.75 Å². The molecule has 1 fully saturated rings. The Morgan fingerprint density at radius 2 is 1.95 bits per heavy atom. The summed E-state index contributed by atoms with van der Waals surface area (Å²) >= 11 is 0. The second kappa shape index (κ2) is 5.04. The van der Waals surface area contributed by atoms with Gasteiger partial charge in [0.25, 0.3) is 0 Å². The molecule has 1 N–H and O–H groups in total.